The van der Waals surface area contributed by atoms with E-state index in [1.54, 1.807) is 17.9 Å². The molecule has 8 heteroatoms. The fraction of sp³-hybridized carbons (Fsp3) is 0.214. The van der Waals surface area contributed by atoms with Gasteiger partial charge in [-0.05, 0) is 19.1 Å². The number of hydrogen-bond acceptors (Lipinski definition) is 6. The van der Waals surface area contributed by atoms with Crippen LogP contribution in [0.5, 0.6) is 5.75 Å². The number of rotatable bonds is 3. The Morgan fingerprint density at radius 2 is 2.00 bits per heavy atom. The number of sulfone groups is 1. The maximum Gasteiger partial charge on any atom is 0.248 e. The average molecular weight is 318 g/mol. The summed E-state index contributed by atoms with van der Waals surface area (Å²) in [4.78, 5) is 7.89. The summed E-state index contributed by atoms with van der Waals surface area (Å²) in [5.41, 5.74) is 1.60. The van der Waals surface area contributed by atoms with Crippen molar-refractivity contribution >= 4 is 20.7 Å². The van der Waals surface area contributed by atoms with Gasteiger partial charge in [0, 0.05) is 30.0 Å². The minimum absolute atomic E-state index is 0.228. The highest BCUT2D eigenvalue weighted by Crippen LogP contribution is 2.25. The van der Waals surface area contributed by atoms with E-state index in [2.05, 4.69) is 15.1 Å². The predicted octanol–water partition coefficient (Wildman–Crippen LogP) is 1.54. The van der Waals surface area contributed by atoms with E-state index < -0.39 is 9.84 Å². The monoisotopic (exact) mass is 318 g/mol. The highest BCUT2D eigenvalue weighted by molar-refractivity contribution is 7.90. The lowest BCUT2D eigenvalue weighted by atomic mass is 10.2. The summed E-state index contributed by atoms with van der Waals surface area (Å²) in [5.74, 6) is 1.08. The first-order valence-electron chi connectivity index (χ1n) is 6.47. The predicted molar refractivity (Wildman–Crippen MR) is 81.1 cm³/mol. The lowest BCUT2D eigenvalue weighted by Gasteiger charge is -2.05. The Balaban J connectivity index is 2.26. The summed E-state index contributed by atoms with van der Waals surface area (Å²) < 4.78 is 30.0. The van der Waals surface area contributed by atoms with Crippen molar-refractivity contribution in [2.45, 2.75) is 12.1 Å². The van der Waals surface area contributed by atoms with Crippen LogP contribution >= 0.6 is 0 Å². The van der Waals surface area contributed by atoms with Crippen molar-refractivity contribution in [1.29, 1.82) is 0 Å². The first-order chi connectivity index (χ1) is 10.4. The molecule has 0 spiro atoms. The van der Waals surface area contributed by atoms with Crippen LogP contribution in [0.2, 0.25) is 0 Å². The van der Waals surface area contributed by atoms with Crippen molar-refractivity contribution < 1.29 is 13.2 Å². The SMILES string of the molecule is COc1ccc2c(C)nn(-c3ccnc(S(C)(=O)=O)n3)c2c1. The number of aromatic nitrogens is 4. The highest BCUT2D eigenvalue weighted by atomic mass is 32.2. The first kappa shape index (κ1) is 14.5. The summed E-state index contributed by atoms with van der Waals surface area (Å²) in [6.07, 6.45) is 2.48. The topological polar surface area (TPSA) is 87.0 Å². The molecule has 0 aliphatic rings. The standard InChI is InChI=1S/C14H14N4O3S/c1-9-11-5-4-10(21-2)8-12(11)18(17-9)13-6-7-15-14(16-13)22(3,19)20/h4-8H,1-3H3. The molecule has 1 aromatic carbocycles. The second-order valence-corrected chi connectivity index (χ2v) is 6.76. The fourth-order valence-corrected chi connectivity index (χ4v) is 2.69. The number of nitrogens with zero attached hydrogens (tertiary/aromatic N) is 4. The van der Waals surface area contributed by atoms with Gasteiger partial charge in [-0.2, -0.15) is 10.1 Å². The molecule has 2 heterocycles. The van der Waals surface area contributed by atoms with Gasteiger partial charge >= 0.3 is 0 Å². The molecule has 0 aliphatic heterocycles. The van der Waals surface area contributed by atoms with E-state index in [9.17, 15) is 8.42 Å². The molecule has 0 radical (unpaired) electrons. The van der Waals surface area contributed by atoms with Crippen molar-refractivity contribution in [2.75, 3.05) is 13.4 Å². The van der Waals surface area contributed by atoms with Gasteiger partial charge in [0.05, 0.1) is 18.3 Å². The molecule has 0 fully saturated rings. The molecule has 3 rings (SSSR count). The van der Waals surface area contributed by atoms with E-state index in [0.717, 1.165) is 22.9 Å². The molecule has 0 saturated carbocycles. The van der Waals surface area contributed by atoms with Gasteiger partial charge in [0.2, 0.25) is 15.0 Å². The third-order valence-corrected chi connectivity index (χ3v) is 4.10. The third-order valence-electron chi connectivity index (χ3n) is 3.24. The lowest BCUT2D eigenvalue weighted by Crippen LogP contribution is -2.08. The van der Waals surface area contributed by atoms with Crippen molar-refractivity contribution in [1.82, 2.24) is 19.7 Å². The molecule has 0 saturated heterocycles. The normalized spacial score (nSPS) is 11.8. The molecule has 3 aromatic rings. The lowest BCUT2D eigenvalue weighted by molar-refractivity contribution is 0.415. The van der Waals surface area contributed by atoms with Gasteiger partial charge in [0.25, 0.3) is 0 Å². The Morgan fingerprint density at radius 1 is 1.23 bits per heavy atom. The van der Waals surface area contributed by atoms with Gasteiger partial charge in [-0.15, -0.1) is 0 Å². The molecule has 0 atom stereocenters. The van der Waals surface area contributed by atoms with E-state index >= 15 is 0 Å². The molecule has 22 heavy (non-hydrogen) atoms. The van der Waals surface area contributed by atoms with E-state index in [1.807, 2.05) is 25.1 Å². The summed E-state index contributed by atoms with van der Waals surface area (Å²) in [6.45, 7) is 1.88. The molecule has 0 N–H and O–H groups in total. The number of hydrogen-bond donors (Lipinski definition) is 0. The minimum Gasteiger partial charge on any atom is -0.497 e. The zero-order chi connectivity index (χ0) is 15.9. The second kappa shape index (κ2) is 5.06. The minimum atomic E-state index is -3.48. The van der Waals surface area contributed by atoms with E-state index in [4.69, 9.17) is 4.74 Å². The summed E-state index contributed by atoms with van der Waals surface area (Å²) in [7, 11) is -1.90. The van der Waals surface area contributed by atoms with Crippen LogP contribution in [-0.4, -0.2) is 41.5 Å². The highest BCUT2D eigenvalue weighted by Gasteiger charge is 2.15. The molecule has 7 nitrogen and oxygen atoms in total. The zero-order valence-corrected chi connectivity index (χ0v) is 13.1. The third kappa shape index (κ3) is 2.41. The molecule has 0 aliphatic carbocycles. The van der Waals surface area contributed by atoms with Crippen molar-refractivity contribution in [3.8, 4) is 11.6 Å². The molecular formula is C14H14N4O3S. The smallest absolute Gasteiger partial charge is 0.248 e. The molecule has 0 bridgehead atoms. The average Bonchev–Trinajstić information content (AvgIpc) is 2.83. The van der Waals surface area contributed by atoms with E-state index in [-0.39, 0.29) is 5.16 Å². The Labute approximate surface area is 127 Å². The largest absolute Gasteiger partial charge is 0.497 e. The van der Waals surface area contributed by atoms with Crippen LogP contribution in [0.15, 0.2) is 35.6 Å². The number of benzene rings is 1. The maximum atomic E-state index is 11.6. The Kier molecular flexibility index (Phi) is 3.32. The van der Waals surface area contributed by atoms with Crippen LogP contribution in [-0.2, 0) is 9.84 Å². The summed E-state index contributed by atoms with van der Waals surface area (Å²) in [5, 5.41) is 5.15. The fourth-order valence-electron chi connectivity index (χ4n) is 2.18. The van der Waals surface area contributed by atoms with E-state index in [0.29, 0.717) is 11.6 Å². The van der Waals surface area contributed by atoms with Crippen LogP contribution in [0.1, 0.15) is 5.69 Å². The Hall–Kier alpha value is -2.48. The quantitative estimate of drug-likeness (QED) is 0.681. The number of aryl methyl sites for hydroxylation is 1. The molecule has 0 unspecified atom stereocenters. The van der Waals surface area contributed by atoms with Crippen LogP contribution in [0.25, 0.3) is 16.7 Å². The van der Waals surface area contributed by atoms with Gasteiger partial charge < -0.3 is 4.74 Å². The van der Waals surface area contributed by atoms with Crippen LogP contribution < -0.4 is 4.74 Å². The van der Waals surface area contributed by atoms with Crippen molar-refractivity contribution in [2.24, 2.45) is 0 Å². The van der Waals surface area contributed by atoms with Crippen molar-refractivity contribution in [3.63, 3.8) is 0 Å². The zero-order valence-electron chi connectivity index (χ0n) is 12.3. The number of methoxy groups -OCH3 is 1. The second-order valence-electron chi connectivity index (χ2n) is 4.85. The molecule has 2 aromatic heterocycles. The van der Waals surface area contributed by atoms with Gasteiger partial charge in [-0.25, -0.2) is 18.1 Å². The van der Waals surface area contributed by atoms with Crippen LogP contribution in [0, 0.1) is 6.92 Å². The first-order valence-corrected chi connectivity index (χ1v) is 8.36. The summed E-state index contributed by atoms with van der Waals surface area (Å²) >= 11 is 0. The Morgan fingerprint density at radius 3 is 2.68 bits per heavy atom. The van der Waals surface area contributed by atoms with Gasteiger partial charge in [0.1, 0.15) is 5.75 Å². The van der Waals surface area contributed by atoms with E-state index in [1.165, 1.54) is 6.20 Å². The summed E-state index contributed by atoms with van der Waals surface area (Å²) in [6, 6.07) is 7.20. The number of ether oxygens (including phenoxy) is 1. The Bertz CT molecular complexity index is 963. The van der Waals surface area contributed by atoms with Crippen LogP contribution in [0.3, 0.4) is 0 Å². The van der Waals surface area contributed by atoms with Crippen molar-refractivity contribution in [3.05, 3.63) is 36.2 Å². The van der Waals surface area contributed by atoms with Gasteiger partial charge in [-0.1, -0.05) is 0 Å². The molecular weight excluding hydrogens is 304 g/mol. The van der Waals surface area contributed by atoms with Gasteiger partial charge in [0.15, 0.2) is 5.82 Å². The number of fused-ring (bicyclic) bond motifs is 1. The molecule has 114 valence electrons. The van der Waals surface area contributed by atoms with Crippen LogP contribution in [0.4, 0.5) is 0 Å². The maximum absolute atomic E-state index is 11.6. The van der Waals surface area contributed by atoms with Gasteiger partial charge in [-0.3, -0.25) is 0 Å². The molecule has 0 amide bonds.